The van der Waals surface area contributed by atoms with Crippen molar-refractivity contribution in [1.82, 2.24) is 29.1 Å². The molecule has 0 saturated heterocycles. The summed E-state index contributed by atoms with van der Waals surface area (Å²) in [6, 6.07) is 1.81. The second-order valence-corrected chi connectivity index (χ2v) is 9.38. The molecule has 1 aliphatic rings. The van der Waals surface area contributed by atoms with Crippen LogP contribution in [0.3, 0.4) is 0 Å². The van der Waals surface area contributed by atoms with Crippen molar-refractivity contribution < 1.29 is 18.0 Å². The van der Waals surface area contributed by atoms with Gasteiger partial charge in [0.1, 0.15) is 28.9 Å². The minimum Gasteiger partial charge on any atom is -0.331 e. The molecule has 0 radical (unpaired) electrons. The maximum absolute atomic E-state index is 13.1. The van der Waals surface area contributed by atoms with E-state index in [1.165, 1.54) is 15.7 Å². The molecule has 0 fully saturated rings. The van der Waals surface area contributed by atoms with Crippen LogP contribution in [0, 0.1) is 0 Å². The molecule has 14 heteroatoms. The van der Waals surface area contributed by atoms with Crippen LogP contribution >= 0.6 is 11.6 Å². The summed E-state index contributed by atoms with van der Waals surface area (Å²) >= 11 is 6.40. The zero-order chi connectivity index (χ0) is 27.8. The number of rotatable bonds is 7. The number of fused-ring (bicyclic) bond motifs is 1. The SMILES string of the molecule is C=NC(CN1C(=O)CCn2nc(-c3c(Cl)cnn3C(C)C)cc21)=N/C=C(\C)c1nc(C(F)(F)F)cn1CC. The van der Waals surface area contributed by atoms with E-state index in [2.05, 4.69) is 31.9 Å². The largest absolute Gasteiger partial charge is 0.434 e. The number of hydrogen-bond donors (Lipinski definition) is 0. The molecule has 0 bridgehead atoms. The van der Waals surface area contributed by atoms with Crippen molar-refractivity contribution in [3.63, 3.8) is 0 Å². The maximum Gasteiger partial charge on any atom is 0.434 e. The summed E-state index contributed by atoms with van der Waals surface area (Å²) in [5.41, 5.74) is 0.644. The van der Waals surface area contributed by atoms with Gasteiger partial charge in [-0.25, -0.2) is 19.7 Å². The molecule has 0 aromatic carbocycles. The molecule has 0 N–H and O–H groups in total. The molecule has 0 saturated carbocycles. The number of nitrogens with zero attached hydrogens (tertiary/aromatic N) is 9. The first-order valence-corrected chi connectivity index (χ1v) is 12.3. The molecular formula is C24H27ClF3N9O. The fraction of sp³-hybridized carbons (Fsp3) is 0.417. The molecule has 0 spiro atoms. The molecule has 3 aromatic heterocycles. The third kappa shape index (κ3) is 5.28. The van der Waals surface area contributed by atoms with E-state index >= 15 is 0 Å². The van der Waals surface area contributed by atoms with Gasteiger partial charge in [0.15, 0.2) is 5.69 Å². The van der Waals surface area contributed by atoms with Gasteiger partial charge in [0.25, 0.3) is 0 Å². The summed E-state index contributed by atoms with van der Waals surface area (Å²) in [4.78, 5) is 26.3. The number of carbonyl (C=O) groups excluding carboxylic acids is 1. The van der Waals surface area contributed by atoms with Crippen LogP contribution < -0.4 is 4.90 Å². The lowest BCUT2D eigenvalue weighted by atomic mass is 10.2. The normalized spacial score (nSPS) is 15.0. The van der Waals surface area contributed by atoms with Crippen LogP contribution in [0.1, 0.15) is 51.7 Å². The standard InChI is InChI=1S/C24H27ClF3N9O/c1-6-34-12-18(24(26,27)28)32-23(34)15(4)10-30-19(29-5)13-35-20-9-17(33-36(20)8-7-21(35)38)22-16(25)11-31-37(22)14(2)3/h9-12,14H,5-8,13H2,1-4H3/b15-10+,30-19?. The average molecular weight is 550 g/mol. The number of alkyl halides is 3. The quantitative estimate of drug-likeness (QED) is 0.302. The smallest absolute Gasteiger partial charge is 0.331 e. The maximum atomic E-state index is 13.1. The van der Waals surface area contributed by atoms with E-state index in [-0.39, 0.29) is 36.6 Å². The fourth-order valence-corrected chi connectivity index (χ4v) is 4.35. The van der Waals surface area contributed by atoms with Crippen LogP contribution in [-0.4, -0.2) is 54.1 Å². The van der Waals surface area contributed by atoms with Crippen molar-refractivity contribution in [2.75, 3.05) is 11.4 Å². The van der Waals surface area contributed by atoms with Gasteiger partial charge >= 0.3 is 6.18 Å². The highest BCUT2D eigenvalue weighted by atomic mass is 35.5. The predicted molar refractivity (Wildman–Crippen MR) is 139 cm³/mol. The van der Waals surface area contributed by atoms with Gasteiger partial charge in [-0.2, -0.15) is 23.4 Å². The van der Waals surface area contributed by atoms with Gasteiger partial charge in [-0.3, -0.25) is 14.4 Å². The Morgan fingerprint density at radius 1 is 1.34 bits per heavy atom. The zero-order valence-corrected chi connectivity index (χ0v) is 22.1. The Hall–Kier alpha value is -3.74. The van der Waals surface area contributed by atoms with E-state index < -0.39 is 11.9 Å². The number of imidazole rings is 1. The van der Waals surface area contributed by atoms with Crippen LogP contribution in [0.5, 0.6) is 0 Å². The van der Waals surface area contributed by atoms with Crippen LogP contribution in [-0.2, 0) is 24.1 Å². The summed E-state index contributed by atoms with van der Waals surface area (Å²) in [6.45, 7) is 11.5. The average Bonchev–Trinajstić information content (AvgIpc) is 3.58. The van der Waals surface area contributed by atoms with Crippen molar-refractivity contribution in [1.29, 1.82) is 0 Å². The molecular weight excluding hydrogens is 523 g/mol. The number of allylic oxidation sites excluding steroid dienone is 1. The van der Waals surface area contributed by atoms with Gasteiger partial charge in [-0.15, -0.1) is 0 Å². The molecule has 4 rings (SSSR count). The van der Waals surface area contributed by atoms with E-state index in [0.29, 0.717) is 40.9 Å². The lowest BCUT2D eigenvalue weighted by Crippen LogP contribution is -2.40. The molecule has 0 atom stereocenters. The highest BCUT2D eigenvalue weighted by Crippen LogP contribution is 2.33. The second-order valence-electron chi connectivity index (χ2n) is 8.97. The Morgan fingerprint density at radius 2 is 2.08 bits per heavy atom. The van der Waals surface area contributed by atoms with E-state index in [4.69, 9.17) is 11.6 Å². The first kappa shape index (κ1) is 27.3. The third-order valence-corrected chi connectivity index (χ3v) is 6.28. The highest BCUT2D eigenvalue weighted by Gasteiger charge is 2.35. The summed E-state index contributed by atoms with van der Waals surface area (Å²) < 4.78 is 44.3. The molecule has 10 nitrogen and oxygen atoms in total. The number of hydrogen-bond acceptors (Lipinski definition) is 5. The van der Waals surface area contributed by atoms with Crippen molar-refractivity contribution >= 4 is 41.5 Å². The molecule has 0 aliphatic carbocycles. The Bertz CT molecular complexity index is 1430. The van der Waals surface area contributed by atoms with Gasteiger partial charge in [0.05, 0.1) is 24.3 Å². The van der Waals surface area contributed by atoms with E-state index in [0.717, 1.165) is 6.20 Å². The minimum atomic E-state index is -4.56. The molecule has 0 unspecified atom stereocenters. The second kappa shape index (κ2) is 10.6. The minimum absolute atomic E-state index is 0.00948. The zero-order valence-electron chi connectivity index (χ0n) is 21.4. The van der Waals surface area contributed by atoms with E-state index in [1.807, 2.05) is 13.8 Å². The predicted octanol–water partition coefficient (Wildman–Crippen LogP) is 5.11. The van der Waals surface area contributed by atoms with Gasteiger partial charge in [0.2, 0.25) is 5.91 Å². The lowest BCUT2D eigenvalue weighted by molar-refractivity contribution is -0.141. The van der Waals surface area contributed by atoms with Crippen molar-refractivity contribution in [2.24, 2.45) is 9.98 Å². The van der Waals surface area contributed by atoms with E-state index in [9.17, 15) is 18.0 Å². The Morgan fingerprint density at radius 3 is 2.71 bits per heavy atom. The monoisotopic (exact) mass is 549 g/mol. The fourth-order valence-electron chi connectivity index (χ4n) is 4.12. The molecule has 3 aromatic rings. The highest BCUT2D eigenvalue weighted by molar-refractivity contribution is 6.33. The van der Waals surface area contributed by atoms with Gasteiger partial charge in [-0.1, -0.05) is 11.6 Å². The number of anilines is 1. The first-order chi connectivity index (χ1) is 17.9. The summed E-state index contributed by atoms with van der Waals surface area (Å²) in [5.74, 6) is 0.727. The van der Waals surface area contributed by atoms with Crippen molar-refractivity contribution in [2.45, 2.75) is 59.4 Å². The number of carbonyl (C=O) groups is 1. The molecule has 1 aliphatic heterocycles. The Balaban J connectivity index is 1.64. The molecule has 1 amide bonds. The molecule has 38 heavy (non-hydrogen) atoms. The van der Waals surface area contributed by atoms with Crippen LogP contribution in [0.4, 0.5) is 19.0 Å². The molecule has 4 heterocycles. The van der Waals surface area contributed by atoms with Crippen molar-refractivity contribution in [3.05, 3.63) is 41.2 Å². The van der Waals surface area contributed by atoms with Gasteiger partial charge in [0, 0.05) is 43.0 Å². The topological polar surface area (TPSA) is 98.5 Å². The Labute approximate surface area is 222 Å². The van der Waals surface area contributed by atoms with Crippen LogP contribution in [0.15, 0.2) is 34.6 Å². The number of aromatic nitrogens is 6. The summed E-state index contributed by atoms with van der Waals surface area (Å²) in [5, 5.41) is 9.42. The molecule has 202 valence electrons. The number of amidine groups is 1. The van der Waals surface area contributed by atoms with Gasteiger partial charge in [-0.05, 0) is 34.4 Å². The van der Waals surface area contributed by atoms with Gasteiger partial charge < -0.3 is 4.57 Å². The van der Waals surface area contributed by atoms with E-state index in [1.54, 1.807) is 35.5 Å². The van der Waals surface area contributed by atoms with Crippen molar-refractivity contribution in [3.8, 4) is 11.4 Å². The number of aryl methyl sites for hydroxylation is 2. The van der Waals surface area contributed by atoms with Crippen LogP contribution in [0.25, 0.3) is 17.0 Å². The Kier molecular flexibility index (Phi) is 7.58. The lowest BCUT2D eigenvalue weighted by Gasteiger charge is -2.27. The summed E-state index contributed by atoms with van der Waals surface area (Å²) in [7, 11) is 0. The first-order valence-electron chi connectivity index (χ1n) is 11.9. The number of halogens is 4. The third-order valence-electron chi connectivity index (χ3n) is 6.01. The van der Waals surface area contributed by atoms with Crippen LogP contribution in [0.2, 0.25) is 5.02 Å². The number of aliphatic imine (C=N–C) groups is 2. The summed E-state index contributed by atoms with van der Waals surface area (Å²) in [6.07, 6.45) is -0.442. The number of amides is 1.